The van der Waals surface area contributed by atoms with Crippen LogP contribution in [-0.4, -0.2) is 29.1 Å². The number of nitrogens with zero attached hydrogens (tertiary/aromatic N) is 1. The Labute approximate surface area is 130 Å². The second-order valence-corrected chi connectivity index (χ2v) is 7.97. The number of hydrogen-bond donors (Lipinski definition) is 1. The molecule has 2 rings (SSSR count). The lowest BCUT2D eigenvalue weighted by Gasteiger charge is -2.27. The third kappa shape index (κ3) is 4.82. The first-order valence-electron chi connectivity index (χ1n) is 8.30. The van der Waals surface area contributed by atoms with Gasteiger partial charge in [-0.2, -0.15) is 0 Å². The highest BCUT2D eigenvalue weighted by Crippen LogP contribution is 2.30. The van der Waals surface area contributed by atoms with Crippen molar-refractivity contribution in [1.29, 1.82) is 0 Å². The molecule has 1 aromatic carbocycles. The van der Waals surface area contributed by atoms with E-state index in [1.165, 1.54) is 18.4 Å². The van der Waals surface area contributed by atoms with Crippen molar-refractivity contribution in [2.45, 2.75) is 65.0 Å². The summed E-state index contributed by atoms with van der Waals surface area (Å²) < 4.78 is 0. The normalized spacial score (nSPS) is 17.5. The summed E-state index contributed by atoms with van der Waals surface area (Å²) in [4.78, 5) is 2.47. The molecular weight excluding hydrogens is 258 g/mol. The molecule has 0 bridgehead atoms. The quantitative estimate of drug-likeness (QED) is 0.851. The van der Waals surface area contributed by atoms with Crippen molar-refractivity contribution in [1.82, 2.24) is 4.90 Å². The average molecular weight is 289 g/mol. The zero-order valence-corrected chi connectivity index (χ0v) is 14.3. The van der Waals surface area contributed by atoms with Gasteiger partial charge in [0, 0.05) is 19.1 Å². The molecule has 2 heteroatoms. The van der Waals surface area contributed by atoms with E-state index in [2.05, 4.69) is 63.8 Å². The highest BCUT2D eigenvalue weighted by Gasteiger charge is 2.30. The molecule has 0 spiro atoms. The summed E-state index contributed by atoms with van der Waals surface area (Å²) in [5.74, 6) is 0.654. The van der Waals surface area contributed by atoms with Crippen molar-refractivity contribution in [2.24, 2.45) is 5.92 Å². The highest BCUT2D eigenvalue weighted by atomic mass is 16.3. The Morgan fingerprint density at radius 2 is 1.67 bits per heavy atom. The summed E-state index contributed by atoms with van der Waals surface area (Å²) >= 11 is 0. The predicted molar refractivity (Wildman–Crippen MR) is 89.5 cm³/mol. The van der Waals surface area contributed by atoms with Gasteiger partial charge in [0.15, 0.2) is 0 Å². The summed E-state index contributed by atoms with van der Waals surface area (Å²) in [6, 6.07) is 9.19. The molecule has 1 aliphatic carbocycles. The molecule has 1 aliphatic rings. The van der Waals surface area contributed by atoms with Crippen molar-refractivity contribution >= 4 is 0 Å². The molecule has 0 saturated heterocycles. The van der Waals surface area contributed by atoms with Crippen LogP contribution in [0.25, 0.3) is 0 Å². The Hall–Kier alpha value is -0.860. The van der Waals surface area contributed by atoms with Gasteiger partial charge in [-0.05, 0) is 35.3 Å². The van der Waals surface area contributed by atoms with Crippen LogP contribution in [0.2, 0.25) is 0 Å². The lowest BCUT2D eigenvalue weighted by atomic mass is 9.86. The van der Waals surface area contributed by atoms with Gasteiger partial charge >= 0.3 is 0 Å². The summed E-state index contributed by atoms with van der Waals surface area (Å²) in [5.41, 5.74) is 2.53. The maximum Gasteiger partial charge on any atom is 0.0917 e. The molecule has 1 N–H and O–H groups in total. The Morgan fingerprint density at radius 1 is 1.10 bits per heavy atom. The topological polar surface area (TPSA) is 23.5 Å². The fraction of sp³-hybridized carbons (Fsp3) is 0.684. The van der Waals surface area contributed by atoms with Crippen LogP contribution in [0.1, 0.15) is 64.7 Å². The minimum absolute atomic E-state index is 0.168. The molecule has 0 aliphatic heterocycles. The van der Waals surface area contributed by atoms with Crippen molar-refractivity contribution in [2.75, 3.05) is 13.1 Å². The zero-order valence-electron chi connectivity index (χ0n) is 14.3. The van der Waals surface area contributed by atoms with Crippen molar-refractivity contribution in [3.05, 3.63) is 35.4 Å². The van der Waals surface area contributed by atoms with Crippen molar-refractivity contribution < 1.29 is 5.11 Å². The molecule has 0 heterocycles. The highest BCUT2D eigenvalue weighted by molar-refractivity contribution is 5.28. The number of aliphatic hydroxyl groups is 1. The van der Waals surface area contributed by atoms with Crippen LogP contribution in [0.15, 0.2) is 24.3 Å². The molecule has 1 atom stereocenters. The minimum Gasteiger partial charge on any atom is -0.387 e. The molecule has 21 heavy (non-hydrogen) atoms. The van der Waals surface area contributed by atoms with E-state index in [4.69, 9.17) is 0 Å². The summed E-state index contributed by atoms with van der Waals surface area (Å²) in [5, 5.41) is 10.5. The first kappa shape index (κ1) is 16.5. The Balaban J connectivity index is 2.00. The smallest absolute Gasteiger partial charge is 0.0917 e. The van der Waals surface area contributed by atoms with E-state index in [9.17, 15) is 5.11 Å². The molecular formula is C19H31NO. The van der Waals surface area contributed by atoms with Crippen LogP contribution in [0.5, 0.6) is 0 Å². The fourth-order valence-corrected chi connectivity index (χ4v) is 2.81. The molecule has 1 fully saturated rings. The van der Waals surface area contributed by atoms with Gasteiger partial charge in [0.1, 0.15) is 0 Å². The van der Waals surface area contributed by atoms with Gasteiger partial charge in [0.05, 0.1) is 6.10 Å². The maximum absolute atomic E-state index is 10.5. The van der Waals surface area contributed by atoms with E-state index in [0.717, 1.165) is 18.7 Å². The van der Waals surface area contributed by atoms with Gasteiger partial charge in [-0.3, -0.25) is 4.90 Å². The van der Waals surface area contributed by atoms with Gasteiger partial charge in [0.2, 0.25) is 0 Å². The first-order valence-corrected chi connectivity index (χ1v) is 8.30. The standard InChI is InChI=1S/C19H31NO/c1-14(2)12-20(17-10-11-17)13-18(21)15-6-8-16(9-7-15)19(3,4)5/h6-9,14,17-18,21H,10-13H2,1-5H3. The van der Waals surface area contributed by atoms with Crippen LogP contribution in [0, 0.1) is 5.92 Å². The Morgan fingerprint density at radius 3 is 2.10 bits per heavy atom. The van der Waals surface area contributed by atoms with Crippen LogP contribution < -0.4 is 0 Å². The van der Waals surface area contributed by atoms with Gasteiger partial charge < -0.3 is 5.11 Å². The van der Waals surface area contributed by atoms with Crippen LogP contribution >= 0.6 is 0 Å². The molecule has 2 nitrogen and oxygen atoms in total. The molecule has 1 saturated carbocycles. The summed E-state index contributed by atoms with van der Waals surface area (Å²) in [6.07, 6.45) is 2.21. The second kappa shape index (κ2) is 6.50. The minimum atomic E-state index is -0.377. The molecule has 1 aromatic rings. The predicted octanol–water partition coefficient (Wildman–Crippen LogP) is 4.14. The largest absolute Gasteiger partial charge is 0.387 e. The van der Waals surface area contributed by atoms with Gasteiger partial charge in [-0.25, -0.2) is 0 Å². The summed E-state index contributed by atoms with van der Waals surface area (Å²) in [6.45, 7) is 13.0. The Kier molecular flexibility index (Phi) is 5.11. The van der Waals surface area contributed by atoms with Crippen LogP contribution in [0.4, 0.5) is 0 Å². The third-order valence-electron chi connectivity index (χ3n) is 4.23. The third-order valence-corrected chi connectivity index (χ3v) is 4.23. The van der Waals surface area contributed by atoms with E-state index in [-0.39, 0.29) is 11.5 Å². The van der Waals surface area contributed by atoms with Crippen LogP contribution in [-0.2, 0) is 5.41 Å². The lowest BCUT2D eigenvalue weighted by molar-refractivity contribution is 0.101. The second-order valence-electron chi connectivity index (χ2n) is 7.97. The first-order chi connectivity index (χ1) is 9.77. The molecule has 0 amide bonds. The van der Waals surface area contributed by atoms with E-state index in [0.29, 0.717) is 12.0 Å². The van der Waals surface area contributed by atoms with Gasteiger partial charge in [-0.1, -0.05) is 58.9 Å². The maximum atomic E-state index is 10.5. The van der Waals surface area contributed by atoms with Gasteiger partial charge in [0.25, 0.3) is 0 Å². The monoisotopic (exact) mass is 289 g/mol. The fourth-order valence-electron chi connectivity index (χ4n) is 2.81. The molecule has 0 radical (unpaired) electrons. The lowest BCUT2D eigenvalue weighted by Crippen LogP contribution is -2.34. The van der Waals surface area contributed by atoms with Crippen LogP contribution in [0.3, 0.4) is 0 Å². The molecule has 1 unspecified atom stereocenters. The number of aliphatic hydroxyl groups excluding tert-OH is 1. The van der Waals surface area contributed by atoms with E-state index >= 15 is 0 Å². The van der Waals surface area contributed by atoms with E-state index in [1.807, 2.05) is 0 Å². The number of hydrogen-bond acceptors (Lipinski definition) is 2. The Bertz CT molecular complexity index is 440. The molecule has 0 aromatic heterocycles. The molecule has 118 valence electrons. The number of benzene rings is 1. The number of rotatable bonds is 6. The van der Waals surface area contributed by atoms with E-state index in [1.54, 1.807) is 0 Å². The zero-order chi connectivity index (χ0) is 15.6. The summed E-state index contributed by atoms with van der Waals surface area (Å²) in [7, 11) is 0. The van der Waals surface area contributed by atoms with Crippen molar-refractivity contribution in [3.63, 3.8) is 0 Å². The van der Waals surface area contributed by atoms with E-state index < -0.39 is 0 Å². The van der Waals surface area contributed by atoms with Gasteiger partial charge in [-0.15, -0.1) is 0 Å². The van der Waals surface area contributed by atoms with Crippen molar-refractivity contribution in [3.8, 4) is 0 Å². The average Bonchev–Trinajstić information content (AvgIpc) is 3.20. The SMILES string of the molecule is CC(C)CN(CC(O)c1ccc(C(C)(C)C)cc1)C1CC1.